The largest absolute Gasteiger partial charge is 0.399 e. The van der Waals surface area contributed by atoms with Crippen molar-refractivity contribution in [1.82, 2.24) is 0 Å². The van der Waals surface area contributed by atoms with Gasteiger partial charge in [0.05, 0.1) is 11.4 Å². The monoisotopic (exact) mass is 389 g/mol. The lowest BCUT2D eigenvalue weighted by Crippen LogP contribution is -2.14. The molecule has 0 aliphatic heterocycles. The van der Waals surface area contributed by atoms with Gasteiger partial charge in [-0.1, -0.05) is 11.6 Å². The molecule has 21 heavy (non-hydrogen) atoms. The van der Waals surface area contributed by atoms with Crippen LogP contribution >= 0.6 is 27.5 Å². The highest BCUT2D eigenvalue weighted by Crippen LogP contribution is 2.33. The van der Waals surface area contributed by atoms with Gasteiger partial charge in [-0.25, -0.2) is 13.6 Å². The van der Waals surface area contributed by atoms with Gasteiger partial charge in [-0.3, -0.25) is 0 Å². The van der Waals surface area contributed by atoms with Crippen molar-refractivity contribution in [1.29, 1.82) is 0 Å². The van der Waals surface area contributed by atoms with E-state index in [1.165, 1.54) is 6.07 Å². The molecule has 5 N–H and O–H groups in total. The van der Waals surface area contributed by atoms with E-state index < -0.39 is 10.0 Å². The van der Waals surface area contributed by atoms with Crippen LogP contribution in [0.4, 0.5) is 17.1 Å². The van der Waals surface area contributed by atoms with E-state index in [0.29, 0.717) is 22.1 Å². The number of nitrogens with one attached hydrogen (secondary N) is 1. The van der Waals surface area contributed by atoms with Crippen LogP contribution in [0.1, 0.15) is 5.56 Å². The number of primary sulfonamides is 1. The number of rotatable bonds is 3. The molecule has 112 valence electrons. The number of hydrogen-bond donors (Lipinski definition) is 3. The Hall–Kier alpha value is -1.28. The summed E-state index contributed by atoms with van der Waals surface area (Å²) in [6.45, 7) is 1.87. The van der Waals surface area contributed by atoms with Crippen LogP contribution in [-0.4, -0.2) is 8.42 Å². The summed E-state index contributed by atoms with van der Waals surface area (Å²) in [5.74, 6) is 0. The van der Waals surface area contributed by atoms with Gasteiger partial charge in [-0.15, -0.1) is 0 Å². The molecule has 0 saturated carbocycles. The molecule has 8 heteroatoms. The molecule has 0 amide bonds. The van der Waals surface area contributed by atoms with E-state index in [2.05, 4.69) is 21.2 Å². The summed E-state index contributed by atoms with van der Waals surface area (Å²) in [5.41, 5.74) is 7.78. The quantitative estimate of drug-likeness (QED) is 0.700. The lowest BCUT2D eigenvalue weighted by molar-refractivity contribution is 0.598. The van der Waals surface area contributed by atoms with Gasteiger partial charge < -0.3 is 11.1 Å². The van der Waals surface area contributed by atoms with Gasteiger partial charge in [-0.05, 0) is 58.7 Å². The Kier molecular flexibility index (Phi) is 4.48. The molecule has 0 aromatic heterocycles. The minimum atomic E-state index is -3.90. The van der Waals surface area contributed by atoms with Crippen LogP contribution in [0.25, 0.3) is 0 Å². The summed E-state index contributed by atoms with van der Waals surface area (Å²) in [6.07, 6.45) is 0. The number of halogens is 2. The SMILES string of the molecule is Cc1cc(Br)c(Nc2ccc(N)cc2S(N)(=O)=O)cc1Cl. The second kappa shape index (κ2) is 5.84. The zero-order valence-electron chi connectivity index (χ0n) is 11.0. The first-order valence-corrected chi connectivity index (χ1v) is 8.55. The second-order valence-electron chi connectivity index (χ2n) is 4.51. The molecule has 0 spiro atoms. The average Bonchev–Trinajstić information content (AvgIpc) is 2.36. The highest BCUT2D eigenvalue weighted by molar-refractivity contribution is 9.10. The van der Waals surface area contributed by atoms with E-state index in [1.807, 2.05) is 13.0 Å². The van der Waals surface area contributed by atoms with E-state index in [1.54, 1.807) is 18.2 Å². The summed E-state index contributed by atoms with van der Waals surface area (Å²) in [5, 5.41) is 8.77. The van der Waals surface area contributed by atoms with E-state index in [4.69, 9.17) is 22.5 Å². The fourth-order valence-corrected chi connectivity index (χ4v) is 3.21. The number of nitrogens with two attached hydrogens (primary N) is 2. The van der Waals surface area contributed by atoms with Crippen molar-refractivity contribution < 1.29 is 8.42 Å². The van der Waals surface area contributed by atoms with E-state index >= 15 is 0 Å². The molecular weight excluding hydrogens is 378 g/mol. The number of sulfonamides is 1. The van der Waals surface area contributed by atoms with E-state index in [9.17, 15) is 8.42 Å². The van der Waals surface area contributed by atoms with Crippen molar-refractivity contribution in [2.24, 2.45) is 5.14 Å². The lowest BCUT2D eigenvalue weighted by Gasteiger charge is -2.14. The molecule has 0 unspecified atom stereocenters. The minimum Gasteiger partial charge on any atom is -0.399 e. The van der Waals surface area contributed by atoms with Crippen molar-refractivity contribution in [2.45, 2.75) is 11.8 Å². The summed E-state index contributed by atoms with van der Waals surface area (Å²) < 4.78 is 24.0. The second-order valence-corrected chi connectivity index (χ2v) is 7.30. The fraction of sp³-hybridized carbons (Fsp3) is 0.0769. The lowest BCUT2D eigenvalue weighted by atomic mass is 10.2. The van der Waals surface area contributed by atoms with Gasteiger partial charge in [0.25, 0.3) is 0 Å². The molecule has 2 aromatic rings. The Bertz CT molecular complexity index is 809. The predicted octanol–water partition coefficient (Wildman–Crippen LogP) is 3.38. The van der Waals surface area contributed by atoms with Crippen molar-refractivity contribution in [2.75, 3.05) is 11.1 Å². The Morgan fingerprint density at radius 2 is 1.86 bits per heavy atom. The molecule has 0 atom stereocenters. The third-order valence-electron chi connectivity index (χ3n) is 2.83. The summed E-state index contributed by atoms with van der Waals surface area (Å²) >= 11 is 9.48. The highest BCUT2D eigenvalue weighted by Gasteiger charge is 2.15. The first kappa shape index (κ1) is 16.1. The van der Waals surface area contributed by atoms with E-state index in [-0.39, 0.29) is 4.90 Å². The number of aryl methyl sites for hydroxylation is 1. The standard InChI is InChI=1S/C13H13BrClN3O2S/c1-7-4-9(14)12(6-10(7)15)18-11-3-2-8(16)5-13(11)21(17,19)20/h2-6,18H,16H2,1H3,(H2,17,19,20). The topological polar surface area (TPSA) is 98.2 Å². The summed E-state index contributed by atoms with van der Waals surface area (Å²) in [4.78, 5) is -0.0777. The van der Waals surface area contributed by atoms with Crippen molar-refractivity contribution in [3.63, 3.8) is 0 Å². The van der Waals surface area contributed by atoms with E-state index in [0.717, 1.165) is 10.0 Å². The average molecular weight is 391 g/mol. The third-order valence-corrected chi connectivity index (χ3v) is 4.84. The molecule has 0 radical (unpaired) electrons. The zero-order chi connectivity index (χ0) is 15.8. The molecule has 0 bridgehead atoms. The molecule has 0 saturated heterocycles. The summed E-state index contributed by atoms with van der Waals surface area (Å²) in [7, 11) is -3.90. The van der Waals surface area contributed by atoms with Crippen molar-refractivity contribution in [3.8, 4) is 0 Å². The van der Waals surface area contributed by atoms with Crippen LogP contribution in [0.15, 0.2) is 39.7 Å². The van der Waals surface area contributed by atoms with Crippen LogP contribution < -0.4 is 16.2 Å². The minimum absolute atomic E-state index is 0.0777. The molecule has 0 fully saturated rings. The highest BCUT2D eigenvalue weighted by atomic mass is 79.9. The smallest absolute Gasteiger partial charge is 0.240 e. The van der Waals surface area contributed by atoms with Gasteiger partial charge in [0.1, 0.15) is 4.90 Å². The first-order chi connectivity index (χ1) is 9.68. The van der Waals surface area contributed by atoms with Crippen molar-refractivity contribution >= 4 is 54.6 Å². The van der Waals surface area contributed by atoms with Gasteiger partial charge in [-0.2, -0.15) is 0 Å². The van der Waals surface area contributed by atoms with Crippen LogP contribution in [0.3, 0.4) is 0 Å². The Labute approximate surface area is 136 Å². The van der Waals surface area contributed by atoms with Crippen LogP contribution in [-0.2, 0) is 10.0 Å². The predicted molar refractivity (Wildman–Crippen MR) is 89.4 cm³/mol. The third kappa shape index (κ3) is 3.68. The maximum Gasteiger partial charge on any atom is 0.240 e. The summed E-state index contributed by atoms with van der Waals surface area (Å²) in [6, 6.07) is 7.97. The molecule has 5 nitrogen and oxygen atoms in total. The van der Waals surface area contributed by atoms with Crippen molar-refractivity contribution in [3.05, 3.63) is 45.4 Å². The maximum absolute atomic E-state index is 11.6. The van der Waals surface area contributed by atoms with Crippen LogP contribution in [0.5, 0.6) is 0 Å². The number of anilines is 3. The molecule has 2 aromatic carbocycles. The van der Waals surface area contributed by atoms with Gasteiger partial charge in [0.15, 0.2) is 0 Å². The number of nitrogen functional groups attached to an aromatic ring is 1. The molecule has 0 aliphatic rings. The Morgan fingerprint density at radius 1 is 1.19 bits per heavy atom. The maximum atomic E-state index is 11.6. The fourth-order valence-electron chi connectivity index (χ4n) is 1.76. The molecular formula is C13H13BrClN3O2S. The number of hydrogen-bond acceptors (Lipinski definition) is 4. The normalized spacial score (nSPS) is 11.4. The van der Waals surface area contributed by atoms with Crippen LogP contribution in [0.2, 0.25) is 5.02 Å². The van der Waals surface area contributed by atoms with Gasteiger partial charge in [0, 0.05) is 15.2 Å². The Morgan fingerprint density at radius 3 is 2.48 bits per heavy atom. The van der Waals surface area contributed by atoms with Gasteiger partial charge in [0.2, 0.25) is 10.0 Å². The molecule has 0 aliphatic carbocycles. The first-order valence-electron chi connectivity index (χ1n) is 5.83. The zero-order valence-corrected chi connectivity index (χ0v) is 14.2. The molecule has 2 rings (SSSR count). The van der Waals surface area contributed by atoms with Crippen LogP contribution in [0, 0.1) is 6.92 Å². The van der Waals surface area contributed by atoms with Gasteiger partial charge >= 0.3 is 0 Å². The number of benzene rings is 2. The Balaban J connectivity index is 2.53. The molecule has 0 heterocycles.